The first-order valence-electron chi connectivity index (χ1n) is 7.73. The average Bonchev–Trinajstić information content (AvgIpc) is 2.59. The molecule has 24 heavy (non-hydrogen) atoms. The number of hydroxylamine groups is 1. The summed E-state index contributed by atoms with van der Waals surface area (Å²) in [5, 5.41) is 11.3. The molecule has 3 aromatic rings. The fourth-order valence-electron chi connectivity index (χ4n) is 2.21. The zero-order chi connectivity index (χ0) is 16.9. The van der Waals surface area contributed by atoms with E-state index in [1.807, 2.05) is 55.5 Å². The minimum absolute atomic E-state index is 0.0409. The lowest BCUT2D eigenvalue weighted by molar-refractivity contribution is -0.751. The van der Waals surface area contributed by atoms with Gasteiger partial charge in [-0.3, -0.25) is 0 Å². The Labute approximate surface area is 141 Å². The summed E-state index contributed by atoms with van der Waals surface area (Å²) >= 11 is 0. The molecule has 0 aliphatic carbocycles. The van der Waals surface area contributed by atoms with Crippen molar-refractivity contribution in [1.82, 2.24) is 0 Å². The molecule has 3 aromatic carbocycles. The van der Waals surface area contributed by atoms with Gasteiger partial charge in [-0.1, -0.05) is 17.7 Å². The van der Waals surface area contributed by atoms with Crippen molar-refractivity contribution in [2.24, 2.45) is 0 Å². The Kier molecular flexibility index (Phi) is 4.79. The Morgan fingerprint density at radius 1 is 0.625 bits per heavy atom. The molecule has 4 nitrogen and oxygen atoms in total. The van der Waals surface area contributed by atoms with E-state index in [-0.39, 0.29) is 5.06 Å². The molecule has 1 atom stereocenters. The van der Waals surface area contributed by atoms with Crippen LogP contribution < -0.4 is 14.5 Å². The Bertz CT molecular complexity index is 779. The number of ether oxygens (including phenoxy) is 2. The molecule has 0 spiro atoms. The molecule has 0 aromatic heterocycles. The highest BCUT2D eigenvalue weighted by molar-refractivity contribution is 5.40. The molecule has 0 saturated heterocycles. The Morgan fingerprint density at radius 3 is 1.33 bits per heavy atom. The molecule has 122 valence electrons. The fraction of sp³-hybridized carbons (Fsp3) is 0.100. The lowest BCUT2D eigenvalue weighted by Crippen LogP contribution is -2.98. The summed E-state index contributed by atoms with van der Waals surface area (Å²) in [4.78, 5) is 0. The van der Waals surface area contributed by atoms with Crippen molar-refractivity contribution >= 4 is 5.69 Å². The highest BCUT2D eigenvalue weighted by Gasteiger charge is 2.02. The summed E-state index contributed by atoms with van der Waals surface area (Å²) in [7, 11) is 1.54. The molecule has 3 rings (SSSR count). The Morgan fingerprint density at radius 2 is 0.958 bits per heavy atom. The first kappa shape index (κ1) is 16.1. The van der Waals surface area contributed by atoms with Crippen LogP contribution in [-0.4, -0.2) is 7.05 Å². The van der Waals surface area contributed by atoms with Crippen molar-refractivity contribution in [2.45, 2.75) is 6.92 Å². The molecule has 0 aliphatic rings. The van der Waals surface area contributed by atoms with Crippen LogP contribution in [0.5, 0.6) is 23.0 Å². The van der Waals surface area contributed by atoms with Crippen LogP contribution in [0.4, 0.5) is 5.69 Å². The topological polar surface area (TPSA) is 46.0 Å². The molecule has 0 fully saturated rings. The zero-order valence-corrected chi connectivity index (χ0v) is 13.7. The molecule has 0 bridgehead atoms. The van der Waals surface area contributed by atoms with Crippen molar-refractivity contribution < 1.29 is 14.5 Å². The summed E-state index contributed by atoms with van der Waals surface area (Å²) in [6.45, 7) is 2.04. The second kappa shape index (κ2) is 7.17. The fourth-order valence-corrected chi connectivity index (χ4v) is 2.21. The number of rotatable bonds is 5. The maximum Gasteiger partial charge on any atom is 0.131 e. The van der Waals surface area contributed by atoms with Crippen LogP contribution in [0.3, 0.4) is 0 Å². The number of hydrogen-bond donors (Lipinski definition) is 1. The van der Waals surface area contributed by atoms with Gasteiger partial charge in [0.15, 0.2) is 0 Å². The van der Waals surface area contributed by atoms with E-state index >= 15 is 0 Å². The second-order valence-electron chi connectivity index (χ2n) is 5.57. The number of hydrogen-bond acceptors (Lipinski definition) is 3. The monoisotopic (exact) mass is 321 g/mol. The van der Waals surface area contributed by atoms with Crippen LogP contribution in [-0.2, 0) is 0 Å². The summed E-state index contributed by atoms with van der Waals surface area (Å²) in [5.74, 6) is 2.95. The second-order valence-corrected chi connectivity index (χ2v) is 5.57. The van der Waals surface area contributed by atoms with E-state index < -0.39 is 0 Å². The van der Waals surface area contributed by atoms with Gasteiger partial charge in [0, 0.05) is 12.1 Å². The molecule has 1 N–H and O–H groups in total. The van der Waals surface area contributed by atoms with E-state index in [1.54, 1.807) is 31.3 Å². The predicted molar refractivity (Wildman–Crippen MR) is 94.1 cm³/mol. The number of quaternary nitrogens is 1. The number of aryl methyl sites for hydroxylation is 1. The van der Waals surface area contributed by atoms with Gasteiger partial charge in [-0.25, -0.2) is 0 Å². The quantitative estimate of drug-likeness (QED) is 0.716. The van der Waals surface area contributed by atoms with Gasteiger partial charge in [0.25, 0.3) is 0 Å². The molecule has 0 saturated carbocycles. The van der Waals surface area contributed by atoms with Gasteiger partial charge in [0.2, 0.25) is 0 Å². The van der Waals surface area contributed by atoms with E-state index in [1.165, 1.54) is 5.56 Å². The van der Waals surface area contributed by atoms with E-state index in [2.05, 4.69) is 0 Å². The Hall–Kier alpha value is -2.82. The predicted octanol–water partition coefficient (Wildman–Crippen LogP) is 4.22. The van der Waals surface area contributed by atoms with Gasteiger partial charge in [0.1, 0.15) is 28.7 Å². The van der Waals surface area contributed by atoms with Crippen LogP contribution in [0.2, 0.25) is 0 Å². The van der Waals surface area contributed by atoms with Crippen LogP contribution in [0, 0.1) is 12.1 Å². The van der Waals surface area contributed by atoms with Gasteiger partial charge >= 0.3 is 0 Å². The van der Waals surface area contributed by atoms with Crippen LogP contribution in [0.1, 0.15) is 5.56 Å². The van der Waals surface area contributed by atoms with Crippen LogP contribution in [0.15, 0.2) is 72.8 Å². The van der Waals surface area contributed by atoms with E-state index in [9.17, 15) is 5.21 Å². The minimum atomic E-state index is 0.0409. The molecule has 1 unspecified atom stereocenters. The summed E-state index contributed by atoms with van der Waals surface area (Å²) < 4.78 is 11.6. The molecule has 4 heteroatoms. The summed E-state index contributed by atoms with van der Waals surface area (Å²) in [6.07, 6.45) is 0. The third-order valence-corrected chi connectivity index (χ3v) is 3.58. The van der Waals surface area contributed by atoms with Crippen molar-refractivity contribution in [2.75, 3.05) is 7.05 Å². The molecule has 0 amide bonds. The number of nitrogens with one attached hydrogen (secondary N) is 1. The normalized spacial score (nSPS) is 11.8. The van der Waals surface area contributed by atoms with Crippen molar-refractivity contribution in [1.29, 1.82) is 0 Å². The SMILES string of the molecule is Cc1ccc(Oc2ccc(Oc3ccc([NH+](C)[O-])cc3)cc2)cc1. The molecular formula is C20H19NO3. The Balaban J connectivity index is 1.64. The summed E-state index contributed by atoms with van der Waals surface area (Å²) in [5.41, 5.74) is 1.87. The van der Waals surface area contributed by atoms with Gasteiger partial charge in [-0.15, -0.1) is 0 Å². The third kappa shape index (κ3) is 4.13. The standard InChI is InChI=1S/C20H19NO3/c1-15-3-7-17(8-4-15)23-19-11-13-20(14-12-19)24-18-9-5-16(6-10-18)21(2)22/h3-14,21H,1-2H3. The third-order valence-electron chi connectivity index (χ3n) is 3.58. The van der Waals surface area contributed by atoms with E-state index in [0.29, 0.717) is 17.2 Å². The van der Waals surface area contributed by atoms with Crippen molar-refractivity contribution in [3.8, 4) is 23.0 Å². The molecule has 0 radical (unpaired) electrons. The van der Waals surface area contributed by atoms with E-state index in [4.69, 9.17) is 9.47 Å². The van der Waals surface area contributed by atoms with Crippen molar-refractivity contribution in [3.63, 3.8) is 0 Å². The first-order valence-corrected chi connectivity index (χ1v) is 7.73. The lowest BCUT2D eigenvalue weighted by atomic mass is 10.2. The van der Waals surface area contributed by atoms with Gasteiger partial charge in [-0.2, -0.15) is 0 Å². The van der Waals surface area contributed by atoms with Crippen molar-refractivity contribution in [3.05, 3.63) is 83.6 Å². The van der Waals surface area contributed by atoms with Crippen LogP contribution in [0.25, 0.3) is 0 Å². The van der Waals surface area contributed by atoms with E-state index in [0.717, 1.165) is 11.5 Å². The zero-order valence-electron chi connectivity index (χ0n) is 13.7. The number of benzene rings is 3. The van der Waals surface area contributed by atoms with Gasteiger partial charge < -0.3 is 19.7 Å². The smallest absolute Gasteiger partial charge is 0.131 e. The molecule has 0 aliphatic heterocycles. The summed E-state index contributed by atoms with van der Waals surface area (Å²) in [6, 6.07) is 22.4. The highest BCUT2D eigenvalue weighted by atomic mass is 16.5. The molecular weight excluding hydrogens is 302 g/mol. The lowest BCUT2D eigenvalue weighted by Gasteiger charge is -2.15. The minimum Gasteiger partial charge on any atom is -0.629 e. The van der Waals surface area contributed by atoms with Gasteiger partial charge in [-0.05, 0) is 55.5 Å². The highest BCUT2D eigenvalue weighted by Crippen LogP contribution is 2.27. The maximum atomic E-state index is 11.3. The first-order chi connectivity index (χ1) is 11.6. The largest absolute Gasteiger partial charge is 0.629 e. The molecule has 0 heterocycles. The van der Waals surface area contributed by atoms with Crippen LogP contribution >= 0.6 is 0 Å². The average molecular weight is 321 g/mol. The maximum absolute atomic E-state index is 11.3. The van der Waals surface area contributed by atoms with Gasteiger partial charge in [0.05, 0.1) is 7.05 Å².